The van der Waals surface area contributed by atoms with Crippen LogP contribution < -0.4 is 59.1 Å². The molecular formula is C72H122N20O25. The fraction of sp³-hybridized carbons (Fsp3) is 0.778. The Morgan fingerprint density at radius 2 is 0.658 bits per heavy atom. The zero-order valence-electron chi connectivity index (χ0n) is 66.8. The minimum absolute atomic E-state index is 0.00314. The van der Waals surface area contributed by atoms with Gasteiger partial charge in [-0.2, -0.15) is 0 Å². The Balaban J connectivity index is 0.896. The lowest BCUT2D eigenvalue weighted by Gasteiger charge is -2.38. The average Bonchev–Trinajstić information content (AvgIpc) is 0.881. The van der Waals surface area contributed by atoms with Crippen LogP contribution in [0.15, 0.2) is 18.6 Å². The zero-order valence-corrected chi connectivity index (χ0v) is 66.8. The number of nitrogens with zero attached hydrogens (tertiary/aromatic N) is 9. The number of hydrazine groups is 1. The van der Waals surface area contributed by atoms with E-state index in [-0.39, 0.29) is 142 Å². The summed E-state index contributed by atoms with van der Waals surface area (Å²) in [4.78, 5) is 130. The summed E-state index contributed by atoms with van der Waals surface area (Å²) in [7, 11) is 0. The van der Waals surface area contributed by atoms with Gasteiger partial charge in [-0.05, 0) is 78.6 Å². The van der Waals surface area contributed by atoms with Gasteiger partial charge < -0.3 is 122 Å². The van der Waals surface area contributed by atoms with E-state index in [1.54, 1.807) is 18.6 Å². The number of aliphatic hydroxyl groups excluding tert-OH is 9. The molecule has 3 saturated heterocycles. The largest absolute Gasteiger partial charge is 0.388 e. The molecule has 3 fully saturated rings. The van der Waals surface area contributed by atoms with Crippen molar-refractivity contribution in [2.75, 3.05) is 39.5 Å². The summed E-state index contributed by atoms with van der Waals surface area (Å²) >= 11 is 0. The van der Waals surface area contributed by atoms with Gasteiger partial charge in [-0.1, -0.05) is 60.6 Å². The fourth-order valence-electron chi connectivity index (χ4n) is 12.6. The second-order valence-corrected chi connectivity index (χ2v) is 29.3. The lowest BCUT2D eigenvalue weighted by Crippen LogP contribution is -2.57. The Labute approximate surface area is 676 Å². The van der Waals surface area contributed by atoms with Gasteiger partial charge in [0.25, 0.3) is 0 Å². The molecule has 3 aromatic rings. The van der Waals surface area contributed by atoms with Crippen LogP contribution in [0.1, 0.15) is 186 Å². The van der Waals surface area contributed by atoms with E-state index >= 15 is 0 Å². The molecule has 0 spiro atoms. The smallest absolute Gasteiger partial charge is 0.242 e. The van der Waals surface area contributed by atoms with Crippen LogP contribution >= 0.6 is 0 Å². The van der Waals surface area contributed by atoms with Gasteiger partial charge in [-0.15, -0.1) is 15.3 Å². The topological polar surface area (TPSA) is 647 Å². The number of aliphatic hydroxyl groups is 9. The molecule has 3 aliphatic heterocycles. The molecule has 3 unspecified atom stereocenters. The van der Waals surface area contributed by atoms with Crippen LogP contribution in [-0.2, 0) is 116 Å². The summed E-state index contributed by atoms with van der Waals surface area (Å²) in [6, 6.07) is -3.14. The normalized spacial score (nSPS) is 23.9. The van der Waals surface area contributed by atoms with Crippen molar-refractivity contribution in [2.45, 2.75) is 318 Å². The average molecular weight is 1670 g/mol. The molecule has 0 aromatic carbocycles. The van der Waals surface area contributed by atoms with Gasteiger partial charge in [0, 0.05) is 65.1 Å². The van der Waals surface area contributed by atoms with E-state index in [1.807, 2.05) is 0 Å². The molecule has 0 bridgehead atoms. The van der Waals surface area contributed by atoms with Crippen LogP contribution in [0.25, 0.3) is 0 Å². The van der Waals surface area contributed by atoms with Crippen LogP contribution in [0.2, 0.25) is 0 Å². The van der Waals surface area contributed by atoms with E-state index < -0.39 is 163 Å². The molecule has 21 N–H and O–H groups in total. The SMILES string of the molecule is CC(=O)NC(CCC(=O)NCc1cn(CCO[C@@H]2O[C@@H](C)[C@@H](O)[C@@H](O)[C@@H]2O)nn1)C(=O)NCCCCCCCC(=O)NC(CCC(=O)NCc1cn(CCO[C@@H]2O[C@@H](C)[C@@H](O)[C@@H](O)[C@@H]2O)nn1)C(=O)NCCCCCCCC(=O)NC(CCC(=O)NCc1cn(CCO[C@@H]2O[C@@H](C)[C@@H](O)[C@@H](O)[C@@H]2O)nn1)C(=O)NCCCCCC(=O)NN. The molecule has 6 heterocycles. The van der Waals surface area contributed by atoms with E-state index in [0.29, 0.717) is 101 Å². The first-order valence-electron chi connectivity index (χ1n) is 40.1. The number of aromatic nitrogens is 9. The number of rotatable bonds is 55. The molecule has 0 aliphatic carbocycles. The minimum atomic E-state index is -1.48. The highest BCUT2D eigenvalue weighted by atomic mass is 16.7. The summed E-state index contributed by atoms with van der Waals surface area (Å²) in [5, 5.41) is 140. The van der Waals surface area contributed by atoms with Crippen LogP contribution in [-0.4, -0.2) is 300 Å². The molecule has 3 aromatic heterocycles. The third kappa shape index (κ3) is 35.5. The molecule has 660 valence electrons. The van der Waals surface area contributed by atoms with Crippen molar-refractivity contribution in [1.29, 1.82) is 0 Å². The number of nitrogens with one attached hydrogen (secondary N) is 10. The van der Waals surface area contributed by atoms with Crippen molar-refractivity contribution in [1.82, 2.24) is 98.3 Å². The maximum Gasteiger partial charge on any atom is 0.242 e. The third-order valence-electron chi connectivity index (χ3n) is 19.7. The highest BCUT2D eigenvalue weighted by Crippen LogP contribution is 2.25. The van der Waals surface area contributed by atoms with Gasteiger partial charge in [-0.3, -0.25) is 53.4 Å². The molecule has 45 heteroatoms. The summed E-state index contributed by atoms with van der Waals surface area (Å²) in [5.41, 5.74) is 3.27. The molecule has 0 radical (unpaired) electrons. The maximum absolute atomic E-state index is 13.8. The second kappa shape index (κ2) is 52.4. The number of hydrogen-bond donors (Lipinski definition) is 20. The Morgan fingerprint density at radius 1 is 0.376 bits per heavy atom. The highest BCUT2D eigenvalue weighted by Gasteiger charge is 2.45. The second-order valence-electron chi connectivity index (χ2n) is 29.3. The number of carbonyl (C=O) groups is 10. The van der Waals surface area contributed by atoms with Crippen molar-refractivity contribution in [2.24, 2.45) is 5.84 Å². The van der Waals surface area contributed by atoms with E-state index in [1.165, 1.54) is 41.7 Å². The summed E-state index contributed by atoms with van der Waals surface area (Å²) < 4.78 is 37.3. The molecule has 3 aliphatic rings. The van der Waals surface area contributed by atoms with Crippen LogP contribution in [0.3, 0.4) is 0 Å². The molecule has 117 heavy (non-hydrogen) atoms. The molecule has 18 atom stereocenters. The molecular weight excluding hydrogens is 1540 g/mol. The van der Waals surface area contributed by atoms with Gasteiger partial charge in [0.1, 0.15) is 90.1 Å². The van der Waals surface area contributed by atoms with Crippen LogP contribution in [0.5, 0.6) is 0 Å². The first kappa shape index (κ1) is 97.3. The highest BCUT2D eigenvalue weighted by molar-refractivity contribution is 5.90. The first-order chi connectivity index (χ1) is 56.0. The molecule has 10 amide bonds. The standard InChI is InChI=1S/C72H122N20O25/c1-42-58(100)61(103)64(106)70(115-42)112-33-30-90-39-46(84-87-90)36-77-52(94)24-21-49(80-45(4)93)67(109)74-27-15-9-5-7-12-18-55(97)81-50(22-25-53(95)78-37-47-40-91(88-85-47)31-34-113-71-65(107)62(104)59(101)43(2)116-71)68(110)75-28-16-10-6-8-13-19-56(98)82-51(69(111)76-29-17-11-14-20-57(99)83-73)23-26-54(96)79-38-48-41-92(89-86-48)32-35-114-72-66(108)63(105)60(102)44(3)117-72/h39-44,49-51,58-66,70-72,100-108H,5-38,73H2,1-4H3,(H,74,109)(H,75,110)(H,76,111)(H,77,94)(H,78,95)(H,79,96)(H,80,93)(H,81,97)(H,82,98)(H,83,99)/t42-,43-,44-,49?,50?,51?,58+,59+,60+,61+,62+,63+,64-,65-,66-,70+,71+,72+/m0/s1. The van der Waals surface area contributed by atoms with E-state index in [0.717, 1.165) is 0 Å². The van der Waals surface area contributed by atoms with Crippen molar-refractivity contribution in [3.8, 4) is 0 Å². The fourth-order valence-corrected chi connectivity index (χ4v) is 12.6. The molecule has 0 saturated carbocycles. The van der Waals surface area contributed by atoms with E-state index in [4.69, 9.17) is 34.3 Å². The van der Waals surface area contributed by atoms with Crippen LogP contribution in [0, 0.1) is 0 Å². The summed E-state index contributed by atoms with van der Waals surface area (Å²) in [5.74, 6) is 0.814. The van der Waals surface area contributed by atoms with Crippen molar-refractivity contribution in [3.05, 3.63) is 35.7 Å². The summed E-state index contributed by atoms with van der Waals surface area (Å²) in [6.07, 6.45) is -6.26. The number of ether oxygens (including phenoxy) is 6. The van der Waals surface area contributed by atoms with Gasteiger partial charge in [-0.25, -0.2) is 19.9 Å². The number of nitrogens with two attached hydrogens (primary N) is 1. The van der Waals surface area contributed by atoms with Gasteiger partial charge in [0.05, 0.1) is 96.0 Å². The van der Waals surface area contributed by atoms with E-state index in [2.05, 4.69) is 84.2 Å². The Bertz CT molecular complexity index is 3520. The predicted octanol–water partition coefficient (Wildman–Crippen LogP) is -6.36. The predicted molar refractivity (Wildman–Crippen MR) is 405 cm³/mol. The first-order valence-corrected chi connectivity index (χ1v) is 40.1. The number of hydrogen-bond acceptors (Lipinski definition) is 32. The van der Waals surface area contributed by atoms with Gasteiger partial charge in [0.15, 0.2) is 18.9 Å². The lowest BCUT2D eigenvalue weighted by molar-refractivity contribution is -0.293. The van der Waals surface area contributed by atoms with Crippen molar-refractivity contribution >= 4 is 59.1 Å². The van der Waals surface area contributed by atoms with Gasteiger partial charge in [0.2, 0.25) is 59.1 Å². The zero-order chi connectivity index (χ0) is 85.3. The minimum Gasteiger partial charge on any atom is -0.388 e. The van der Waals surface area contributed by atoms with E-state index in [9.17, 15) is 93.9 Å². The quantitative estimate of drug-likeness (QED) is 0.0108. The Morgan fingerprint density at radius 3 is 0.966 bits per heavy atom. The summed E-state index contributed by atoms with van der Waals surface area (Å²) in [6.45, 7) is 7.12. The maximum atomic E-state index is 13.8. The van der Waals surface area contributed by atoms with Gasteiger partial charge >= 0.3 is 0 Å². The van der Waals surface area contributed by atoms with Crippen molar-refractivity contribution in [3.63, 3.8) is 0 Å². The number of amides is 10. The van der Waals surface area contributed by atoms with Crippen LogP contribution in [0.4, 0.5) is 0 Å². The molecule has 45 nitrogen and oxygen atoms in total. The number of carbonyl (C=O) groups excluding carboxylic acids is 10. The lowest BCUT2D eigenvalue weighted by atomic mass is 10.0. The third-order valence-corrected chi connectivity index (χ3v) is 19.7. The Kier molecular flexibility index (Phi) is 43.6. The number of unbranched alkanes of at least 4 members (excludes halogenated alkanes) is 10. The monoisotopic (exact) mass is 1670 g/mol. The molecule has 6 rings (SSSR count). The van der Waals surface area contributed by atoms with Crippen molar-refractivity contribution < 1.29 is 122 Å². The Hall–Kier alpha value is -8.52.